The highest BCUT2D eigenvalue weighted by Crippen LogP contribution is 2.27. The third-order valence-corrected chi connectivity index (χ3v) is 5.01. The molecular formula is C19H24ClN3OS. The van der Waals surface area contributed by atoms with Crippen molar-refractivity contribution >= 4 is 34.0 Å². The number of thiazole rings is 1. The van der Waals surface area contributed by atoms with Gasteiger partial charge in [-0.25, -0.2) is 4.98 Å². The highest BCUT2D eigenvalue weighted by molar-refractivity contribution is 7.18. The van der Waals surface area contributed by atoms with Crippen molar-refractivity contribution in [2.24, 2.45) is 5.73 Å². The van der Waals surface area contributed by atoms with E-state index >= 15 is 0 Å². The van der Waals surface area contributed by atoms with E-state index in [0.717, 1.165) is 42.3 Å². The minimum absolute atomic E-state index is 0. The Morgan fingerprint density at radius 1 is 1.12 bits per heavy atom. The molecule has 25 heavy (non-hydrogen) atoms. The Morgan fingerprint density at radius 3 is 2.64 bits per heavy atom. The largest absolute Gasteiger partial charge is 0.497 e. The molecule has 0 aliphatic rings. The number of ether oxygens (including phenoxy) is 1. The summed E-state index contributed by atoms with van der Waals surface area (Å²) in [6.45, 7) is 3.37. The van der Waals surface area contributed by atoms with Crippen LogP contribution in [0.4, 0.5) is 0 Å². The molecule has 0 spiro atoms. The molecule has 3 rings (SSSR count). The molecule has 0 aliphatic heterocycles. The van der Waals surface area contributed by atoms with Gasteiger partial charge in [-0.05, 0) is 30.2 Å². The maximum atomic E-state index is 5.79. The van der Waals surface area contributed by atoms with Gasteiger partial charge in [0.1, 0.15) is 10.8 Å². The van der Waals surface area contributed by atoms with E-state index < -0.39 is 0 Å². The van der Waals surface area contributed by atoms with Crippen LogP contribution in [0.2, 0.25) is 0 Å². The predicted octanol–water partition coefficient (Wildman–Crippen LogP) is 3.73. The SMILES string of the molecule is COc1ccc2nc(CN(CCN)CCc3ccccc3)sc2c1.Cl. The lowest BCUT2D eigenvalue weighted by Gasteiger charge is -2.20. The second-order valence-corrected chi connectivity index (χ2v) is 6.86. The number of benzene rings is 2. The van der Waals surface area contributed by atoms with Crippen LogP contribution in [0.1, 0.15) is 10.6 Å². The van der Waals surface area contributed by atoms with Gasteiger partial charge < -0.3 is 10.5 Å². The zero-order chi connectivity index (χ0) is 16.8. The normalized spacial score (nSPS) is 10.8. The van der Waals surface area contributed by atoms with Crippen LogP contribution in [0.3, 0.4) is 0 Å². The highest BCUT2D eigenvalue weighted by Gasteiger charge is 2.10. The van der Waals surface area contributed by atoms with Crippen LogP contribution in [0, 0.1) is 0 Å². The quantitative estimate of drug-likeness (QED) is 0.649. The van der Waals surface area contributed by atoms with Gasteiger partial charge in [-0.1, -0.05) is 30.3 Å². The number of rotatable bonds is 8. The number of hydrogen-bond donors (Lipinski definition) is 1. The summed E-state index contributed by atoms with van der Waals surface area (Å²) in [4.78, 5) is 7.12. The van der Waals surface area contributed by atoms with E-state index in [4.69, 9.17) is 15.5 Å². The molecule has 0 unspecified atom stereocenters. The van der Waals surface area contributed by atoms with E-state index in [-0.39, 0.29) is 12.4 Å². The summed E-state index contributed by atoms with van der Waals surface area (Å²) in [5, 5.41) is 1.12. The van der Waals surface area contributed by atoms with Gasteiger partial charge in [0.25, 0.3) is 0 Å². The van der Waals surface area contributed by atoms with Gasteiger partial charge in [0.15, 0.2) is 0 Å². The fraction of sp³-hybridized carbons (Fsp3) is 0.316. The summed E-state index contributed by atoms with van der Waals surface area (Å²) < 4.78 is 6.46. The van der Waals surface area contributed by atoms with Gasteiger partial charge in [0.2, 0.25) is 0 Å². The van der Waals surface area contributed by atoms with Crippen molar-refractivity contribution in [2.75, 3.05) is 26.7 Å². The lowest BCUT2D eigenvalue weighted by atomic mass is 10.1. The van der Waals surface area contributed by atoms with Crippen LogP contribution in [-0.4, -0.2) is 36.6 Å². The van der Waals surface area contributed by atoms with Crippen LogP contribution in [0.25, 0.3) is 10.2 Å². The van der Waals surface area contributed by atoms with Crippen molar-refractivity contribution < 1.29 is 4.74 Å². The molecule has 2 N–H and O–H groups in total. The first-order chi connectivity index (χ1) is 11.8. The maximum absolute atomic E-state index is 5.79. The van der Waals surface area contributed by atoms with Crippen molar-refractivity contribution in [3.05, 3.63) is 59.1 Å². The average Bonchev–Trinajstić information content (AvgIpc) is 3.02. The maximum Gasteiger partial charge on any atom is 0.120 e. The van der Waals surface area contributed by atoms with E-state index in [1.807, 2.05) is 18.2 Å². The van der Waals surface area contributed by atoms with E-state index in [9.17, 15) is 0 Å². The number of fused-ring (bicyclic) bond motifs is 1. The molecule has 4 nitrogen and oxygen atoms in total. The molecule has 0 saturated carbocycles. The number of aromatic nitrogens is 1. The Labute approximate surface area is 159 Å². The Morgan fingerprint density at radius 2 is 1.92 bits per heavy atom. The van der Waals surface area contributed by atoms with Crippen LogP contribution in [0.15, 0.2) is 48.5 Å². The summed E-state index contributed by atoms with van der Waals surface area (Å²) in [6.07, 6.45) is 1.03. The van der Waals surface area contributed by atoms with Crippen LogP contribution in [0.5, 0.6) is 5.75 Å². The number of nitrogens with zero attached hydrogens (tertiary/aromatic N) is 2. The molecule has 0 fully saturated rings. The third kappa shape index (κ3) is 5.41. The molecule has 1 aromatic heterocycles. The van der Waals surface area contributed by atoms with E-state index in [2.05, 4.69) is 35.2 Å². The first kappa shape index (κ1) is 19.7. The van der Waals surface area contributed by atoms with Crippen molar-refractivity contribution in [1.82, 2.24) is 9.88 Å². The number of methoxy groups -OCH3 is 1. The summed E-state index contributed by atoms with van der Waals surface area (Å²) in [5.74, 6) is 0.876. The molecule has 3 aromatic rings. The van der Waals surface area contributed by atoms with Crippen molar-refractivity contribution in [3.8, 4) is 5.75 Å². The van der Waals surface area contributed by atoms with Gasteiger partial charge >= 0.3 is 0 Å². The molecule has 6 heteroatoms. The summed E-state index contributed by atoms with van der Waals surface area (Å²) in [6, 6.07) is 16.6. The molecule has 0 radical (unpaired) electrons. The first-order valence-electron chi connectivity index (χ1n) is 8.18. The van der Waals surface area contributed by atoms with E-state index in [1.54, 1.807) is 18.4 Å². The minimum Gasteiger partial charge on any atom is -0.497 e. The summed E-state index contributed by atoms with van der Waals surface area (Å²) in [5.41, 5.74) is 8.18. The van der Waals surface area contributed by atoms with Crippen molar-refractivity contribution in [3.63, 3.8) is 0 Å². The predicted molar refractivity (Wildman–Crippen MR) is 108 cm³/mol. The third-order valence-electron chi connectivity index (χ3n) is 4.00. The fourth-order valence-electron chi connectivity index (χ4n) is 2.72. The molecule has 0 bridgehead atoms. The molecule has 0 saturated heterocycles. The zero-order valence-electron chi connectivity index (χ0n) is 14.4. The van der Waals surface area contributed by atoms with Crippen LogP contribution >= 0.6 is 23.7 Å². The van der Waals surface area contributed by atoms with Gasteiger partial charge in [-0.2, -0.15) is 0 Å². The lowest BCUT2D eigenvalue weighted by Crippen LogP contribution is -2.31. The molecule has 0 aliphatic carbocycles. The summed E-state index contributed by atoms with van der Waals surface area (Å²) in [7, 11) is 1.69. The molecule has 0 atom stereocenters. The van der Waals surface area contributed by atoms with Gasteiger partial charge in [-0.15, -0.1) is 23.7 Å². The van der Waals surface area contributed by atoms with Crippen molar-refractivity contribution in [2.45, 2.75) is 13.0 Å². The molecular weight excluding hydrogens is 354 g/mol. The van der Waals surface area contributed by atoms with Crippen LogP contribution in [-0.2, 0) is 13.0 Å². The number of nitrogens with two attached hydrogens (primary N) is 1. The Hall–Kier alpha value is -1.66. The standard InChI is InChI=1S/C19H23N3OS.ClH/c1-23-16-7-8-17-18(13-16)24-19(21-17)14-22(12-10-20)11-9-15-5-3-2-4-6-15;/h2-8,13H,9-12,14,20H2,1H3;1H. The van der Waals surface area contributed by atoms with Gasteiger partial charge in [0, 0.05) is 19.6 Å². The van der Waals surface area contributed by atoms with Gasteiger partial charge in [-0.3, -0.25) is 4.90 Å². The Kier molecular flexibility index (Phi) is 7.65. The molecule has 1 heterocycles. The van der Waals surface area contributed by atoms with E-state index in [0.29, 0.717) is 6.54 Å². The minimum atomic E-state index is 0. The van der Waals surface area contributed by atoms with Crippen LogP contribution < -0.4 is 10.5 Å². The highest BCUT2D eigenvalue weighted by atomic mass is 35.5. The average molecular weight is 378 g/mol. The topological polar surface area (TPSA) is 51.4 Å². The first-order valence-corrected chi connectivity index (χ1v) is 9.00. The molecule has 134 valence electrons. The van der Waals surface area contributed by atoms with Crippen molar-refractivity contribution in [1.29, 1.82) is 0 Å². The second kappa shape index (κ2) is 9.73. The number of halogens is 1. The fourth-order valence-corrected chi connectivity index (χ4v) is 3.76. The smallest absolute Gasteiger partial charge is 0.120 e. The molecule has 2 aromatic carbocycles. The Balaban J connectivity index is 0.00000225. The lowest BCUT2D eigenvalue weighted by molar-refractivity contribution is 0.276. The zero-order valence-corrected chi connectivity index (χ0v) is 16.0. The second-order valence-electron chi connectivity index (χ2n) is 5.74. The molecule has 0 amide bonds. The number of hydrogen-bond acceptors (Lipinski definition) is 5. The monoisotopic (exact) mass is 377 g/mol. The summed E-state index contributed by atoms with van der Waals surface area (Å²) >= 11 is 1.73. The van der Waals surface area contributed by atoms with Gasteiger partial charge in [0.05, 0.1) is 23.9 Å². The Bertz CT molecular complexity index is 779. The van der Waals surface area contributed by atoms with E-state index in [1.165, 1.54) is 10.3 Å².